The van der Waals surface area contributed by atoms with Gasteiger partial charge in [-0.2, -0.15) is 5.10 Å². The number of hydrogen-bond acceptors (Lipinski definition) is 5. The lowest BCUT2D eigenvalue weighted by Gasteiger charge is -2.31. The molecular weight excluding hydrogens is 406 g/mol. The number of carbonyl (C=O) groups is 2. The monoisotopic (exact) mass is 437 g/mol. The van der Waals surface area contributed by atoms with Crippen LogP contribution in [0.1, 0.15) is 39.0 Å². The van der Waals surface area contributed by atoms with Crippen molar-refractivity contribution in [3.8, 4) is 0 Å². The number of piperidine rings is 1. The second-order valence-corrected chi connectivity index (χ2v) is 9.49. The Labute approximate surface area is 188 Å². The maximum atomic E-state index is 13.1. The summed E-state index contributed by atoms with van der Waals surface area (Å²) < 4.78 is 1.31. The average molecular weight is 438 g/mol. The van der Waals surface area contributed by atoms with E-state index in [4.69, 9.17) is 0 Å². The van der Waals surface area contributed by atoms with Gasteiger partial charge in [-0.3, -0.25) is 14.4 Å². The molecule has 1 aromatic heterocycles. The first-order valence-corrected chi connectivity index (χ1v) is 11.8. The summed E-state index contributed by atoms with van der Waals surface area (Å²) >= 11 is 0. The Balaban J connectivity index is 1.27. The number of allylic oxidation sites excluding steroid dienone is 1. The van der Waals surface area contributed by atoms with Gasteiger partial charge in [-0.25, -0.2) is 4.68 Å². The van der Waals surface area contributed by atoms with Crippen LogP contribution in [0.3, 0.4) is 0 Å². The molecule has 0 N–H and O–H groups in total. The maximum absolute atomic E-state index is 13.1. The first-order valence-electron chi connectivity index (χ1n) is 11.8. The Morgan fingerprint density at radius 1 is 1.09 bits per heavy atom. The van der Waals surface area contributed by atoms with Crippen LogP contribution in [0.25, 0.3) is 0 Å². The van der Waals surface area contributed by atoms with E-state index in [1.54, 1.807) is 6.07 Å². The van der Waals surface area contributed by atoms with E-state index >= 15 is 0 Å². The van der Waals surface area contributed by atoms with Gasteiger partial charge < -0.3 is 14.7 Å². The van der Waals surface area contributed by atoms with Gasteiger partial charge in [0, 0.05) is 50.3 Å². The van der Waals surface area contributed by atoms with Crippen molar-refractivity contribution in [1.29, 1.82) is 0 Å². The molecular formula is C24H31N5O3. The standard InChI is InChI=1S/C24H31N5O3/c1-17-8-12-26(13-9-17)21-6-7-23(31)29(25-21)16-24(32)28-14-10-18-15-19(4-5-20(18)28)27-11-2-3-22(27)30/h4-7,15,17-18,20H,2-3,8-14,16H2,1H3. The summed E-state index contributed by atoms with van der Waals surface area (Å²) in [4.78, 5) is 43.5. The second kappa shape index (κ2) is 8.56. The zero-order valence-electron chi connectivity index (χ0n) is 18.7. The molecule has 4 heterocycles. The SMILES string of the molecule is CC1CCN(c2ccc(=O)n(CC(=O)N3CCC4C=C(N5CCCC5=O)C=CC43)n2)CC1. The Bertz CT molecular complexity index is 1020. The fourth-order valence-corrected chi connectivity index (χ4v) is 5.31. The summed E-state index contributed by atoms with van der Waals surface area (Å²) in [7, 11) is 0. The Morgan fingerprint density at radius 3 is 2.66 bits per heavy atom. The van der Waals surface area contributed by atoms with Gasteiger partial charge in [0.1, 0.15) is 12.4 Å². The van der Waals surface area contributed by atoms with Gasteiger partial charge in [-0.05, 0) is 43.7 Å². The van der Waals surface area contributed by atoms with Gasteiger partial charge >= 0.3 is 0 Å². The number of fused-ring (bicyclic) bond motifs is 1. The van der Waals surface area contributed by atoms with Gasteiger partial charge in [-0.15, -0.1) is 0 Å². The lowest BCUT2D eigenvalue weighted by molar-refractivity contribution is -0.132. The third-order valence-corrected chi connectivity index (χ3v) is 7.30. The van der Waals surface area contributed by atoms with Crippen LogP contribution < -0.4 is 10.5 Å². The lowest BCUT2D eigenvalue weighted by Crippen LogP contribution is -2.42. The smallest absolute Gasteiger partial charge is 0.267 e. The highest BCUT2D eigenvalue weighted by Crippen LogP contribution is 2.33. The molecule has 3 aliphatic heterocycles. The summed E-state index contributed by atoms with van der Waals surface area (Å²) in [5.41, 5.74) is 0.710. The average Bonchev–Trinajstić information content (AvgIpc) is 3.41. The molecule has 3 fully saturated rings. The Kier molecular flexibility index (Phi) is 5.61. The van der Waals surface area contributed by atoms with Crippen molar-refractivity contribution in [2.75, 3.05) is 31.1 Å². The number of amides is 2. The normalized spacial score (nSPS) is 26.0. The highest BCUT2D eigenvalue weighted by Gasteiger charge is 2.37. The van der Waals surface area contributed by atoms with Gasteiger partial charge in [-0.1, -0.05) is 19.1 Å². The molecule has 0 spiro atoms. The van der Waals surface area contributed by atoms with E-state index in [9.17, 15) is 14.4 Å². The molecule has 170 valence electrons. The first kappa shape index (κ1) is 21.0. The van der Waals surface area contributed by atoms with Crippen LogP contribution in [-0.4, -0.2) is 63.6 Å². The van der Waals surface area contributed by atoms with Crippen molar-refractivity contribution in [1.82, 2.24) is 19.6 Å². The van der Waals surface area contributed by atoms with E-state index in [1.807, 2.05) is 22.0 Å². The zero-order valence-corrected chi connectivity index (χ0v) is 18.7. The van der Waals surface area contributed by atoms with E-state index in [-0.39, 0.29) is 35.9 Å². The number of rotatable bonds is 4. The maximum Gasteiger partial charge on any atom is 0.267 e. The molecule has 0 bridgehead atoms. The van der Waals surface area contributed by atoms with Crippen molar-refractivity contribution in [2.45, 2.75) is 51.6 Å². The molecule has 1 aliphatic carbocycles. The topological polar surface area (TPSA) is 78.8 Å². The van der Waals surface area contributed by atoms with Crippen LogP contribution in [-0.2, 0) is 16.1 Å². The molecule has 2 amide bonds. The summed E-state index contributed by atoms with van der Waals surface area (Å²) in [5, 5.41) is 4.52. The number of hydrogen-bond donors (Lipinski definition) is 0. The molecule has 8 heteroatoms. The number of carbonyl (C=O) groups excluding carboxylic acids is 2. The quantitative estimate of drug-likeness (QED) is 0.718. The van der Waals surface area contributed by atoms with Gasteiger partial charge in [0.05, 0.1) is 6.04 Å². The predicted octanol–water partition coefficient (Wildman–Crippen LogP) is 1.77. The second-order valence-electron chi connectivity index (χ2n) is 9.49. The van der Waals surface area contributed by atoms with Crippen LogP contribution in [0, 0.1) is 11.8 Å². The molecule has 5 rings (SSSR count). The third-order valence-electron chi connectivity index (χ3n) is 7.30. The van der Waals surface area contributed by atoms with Gasteiger partial charge in [0.15, 0.2) is 0 Å². The lowest BCUT2D eigenvalue weighted by atomic mass is 9.94. The minimum Gasteiger partial charge on any atom is -0.355 e. The van der Waals surface area contributed by atoms with Gasteiger partial charge in [0.25, 0.3) is 5.56 Å². The Morgan fingerprint density at radius 2 is 1.91 bits per heavy atom. The number of aromatic nitrogens is 2. The number of likely N-dealkylation sites (tertiary alicyclic amines) is 2. The predicted molar refractivity (Wildman–Crippen MR) is 121 cm³/mol. The van der Waals surface area contributed by atoms with Crippen LogP contribution in [0.5, 0.6) is 0 Å². The van der Waals surface area contributed by atoms with Crippen molar-refractivity contribution >= 4 is 17.6 Å². The van der Waals surface area contributed by atoms with Crippen molar-refractivity contribution < 1.29 is 9.59 Å². The first-order chi connectivity index (χ1) is 15.5. The van der Waals surface area contributed by atoms with Crippen molar-refractivity contribution in [3.63, 3.8) is 0 Å². The minimum absolute atomic E-state index is 0.0218. The molecule has 2 unspecified atom stereocenters. The number of anilines is 1. The summed E-state index contributed by atoms with van der Waals surface area (Å²) in [6.45, 7) is 5.48. The highest BCUT2D eigenvalue weighted by atomic mass is 16.2. The largest absolute Gasteiger partial charge is 0.355 e. The van der Waals surface area contributed by atoms with Gasteiger partial charge in [0.2, 0.25) is 11.8 Å². The van der Waals surface area contributed by atoms with E-state index < -0.39 is 0 Å². The molecule has 32 heavy (non-hydrogen) atoms. The van der Waals surface area contributed by atoms with E-state index in [1.165, 1.54) is 10.7 Å². The van der Waals surface area contributed by atoms with E-state index in [2.05, 4.69) is 23.0 Å². The number of nitrogens with zero attached hydrogens (tertiary/aromatic N) is 5. The molecule has 8 nitrogen and oxygen atoms in total. The molecule has 1 aromatic rings. The van der Waals surface area contributed by atoms with E-state index in [0.717, 1.165) is 56.8 Å². The zero-order chi connectivity index (χ0) is 22.2. The third kappa shape index (κ3) is 3.98. The van der Waals surface area contributed by atoms with Crippen LogP contribution in [0.2, 0.25) is 0 Å². The minimum atomic E-state index is -0.253. The molecule has 0 aromatic carbocycles. The molecule has 4 aliphatic rings. The molecule has 0 saturated carbocycles. The highest BCUT2D eigenvalue weighted by molar-refractivity contribution is 5.81. The molecule has 0 radical (unpaired) electrons. The van der Waals surface area contributed by atoms with Crippen LogP contribution in [0.15, 0.2) is 40.9 Å². The van der Waals surface area contributed by atoms with E-state index in [0.29, 0.717) is 18.9 Å². The van der Waals surface area contributed by atoms with Crippen LogP contribution in [0.4, 0.5) is 5.82 Å². The van der Waals surface area contributed by atoms with Crippen LogP contribution >= 0.6 is 0 Å². The fraction of sp³-hybridized carbons (Fsp3) is 0.583. The Hall–Kier alpha value is -2.90. The summed E-state index contributed by atoms with van der Waals surface area (Å²) in [5.74, 6) is 1.78. The summed E-state index contributed by atoms with van der Waals surface area (Å²) in [6.07, 6.45) is 10.8. The van der Waals surface area contributed by atoms with Crippen molar-refractivity contribution in [2.24, 2.45) is 11.8 Å². The summed E-state index contributed by atoms with van der Waals surface area (Å²) in [6, 6.07) is 3.26. The van der Waals surface area contributed by atoms with Crippen molar-refractivity contribution in [3.05, 3.63) is 46.4 Å². The molecule has 3 saturated heterocycles. The fourth-order valence-electron chi connectivity index (χ4n) is 5.31. The molecule has 2 atom stereocenters.